The molecule has 1 N–H and O–H groups in total. The number of carbonyl (C=O) groups is 1. The van der Waals surface area contributed by atoms with Crippen molar-refractivity contribution in [1.29, 1.82) is 0 Å². The van der Waals surface area contributed by atoms with Crippen LogP contribution in [-0.2, 0) is 4.79 Å². The molecule has 0 aliphatic carbocycles. The Hall–Kier alpha value is -3.09. The van der Waals surface area contributed by atoms with Crippen molar-refractivity contribution in [2.75, 3.05) is 19.5 Å². The van der Waals surface area contributed by atoms with Gasteiger partial charge in [0.25, 0.3) is 0 Å². The van der Waals surface area contributed by atoms with Crippen LogP contribution in [0.3, 0.4) is 0 Å². The van der Waals surface area contributed by atoms with E-state index < -0.39 is 6.61 Å². The van der Waals surface area contributed by atoms with Gasteiger partial charge in [0, 0.05) is 30.0 Å². The molecule has 0 saturated heterocycles. The lowest BCUT2D eigenvalue weighted by Crippen LogP contribution is -2.08. The minimum Gasteiger partial charge on any atom is -0.497 e. The van der Waals surface area contributed by atoms with Crippen molar-refractivity contribution >= 4 is 17.7 Å². The fourth-order valence-electron chi connectivity index (χ4n) is 2.00. The largest absolute Gasteiger partial charge is 0.497 e. The Morgan fingerprint density at radius 1 is 1.00 bits per heavy atom. The van der Waals surface area contributed by atoms with Crippen LogP contribution < -0.4 is 19.5 Å². The van der Waals surface area contributed by atoms with E-state index in [1.807, 2.05) is 0 Å². The first-order valence-electron chi connectivity index (χ1n) is 7.27. The fraction of sp³-hybridized carbons (Fsp3) is 0.167. The maximum Gasteiger partial charge on any atom is 0.387 e. The summed E-state index contributed by atoms with van der Waals surface area (Å²) >= 11 is 0. The Morgan fingerprint density at radius 2 is 1.60 bits per heavy atom. The summed E-state index contributed by atoms with van der Waals surface area (Å²) in [5.41, 5.74) is 1.19. The monoisotopic (exact) mass is 349 g/mol. The molecule has 0 aliphatic rings. The molecule has 0 aromatic heterocycles. The van der Waals surface area contributed by atoms with Crippen LogP contribution in [0.2, 0.25) is 0 Å². The van der Waals surface area contributed by atoms with Gasteiger partial charge < -0.3 is 19.5 Å². The van der Waals surface area contributed by atoms with E-state index in [2.05, 4.69) is 10.1 Å². The second-order valence-electron chi connectivity index (χ2n) is 4.87. The molecule has 2 aromatic carbocycles. The van der Waals surface area contributed by atoms with E-state index in [9.17, 15) is 13.6 Å². The van der Waals surface area contributed by atoms with Crippen LogP contribution in [0.5, 0.6) is 17.2 Å². The summed E-state index contributed by atoms with van der Waals surface area (Å²) in [6.07, 6.45) is 2.88. The summed E-state index contributed by atoms with van der Waals surface area (Å²) in [5, 5.41) is 2.69. The van der Waals surface area contributed by atoms with Crippen molar-refractivity contribution < 1.29 is 27.8 Å². The van der Waals surface area contributed by atoms with Crippen LogP contribution in [0.25, 0.3) is 6.08 Å². The van der Waals surface area contributed by atoms with Crippen LogP contribution in [0.15, 0.2) is 48.5 Å². The van der Waals surface area contributed by atoms with Crippen LogP contribution in [0, 0.1) is 0 Å². The molecule has 0 fully saturated rings. The number of hydrogen-bond acceptors (Lipinski definition) is 4. The molecule has 25 heavy (non-hydrogen) atoms. The van der Waals surface area contributed by atoms with Gasteiger partial charge in [-0.05, 0) is 23.8 Å². The van der Waals surface area contributed by atoms with Crippen molar-refractivity contribution in [3.05, 3.63) is 54.1 Å². The van der Waals surface area contributed by atoms with Gasteiger partial charge in [0.15, 0.2) is 0 Å². The fourth-order valence-corrected chi connectivity index (χ4v) is 2.00. The van der Waals surface area contributed by atoms with Crippen molar-refractivity contribution in [3.8, 4) is 17.2 Å². The molecule has 0 aliphatic heterocycles. The number of nitrogens with one attached hydrogen (secondary N) is 1. The van der Waals surface area contributed by atoms with E-state index >= 15 is 0 Å². The molecule has 1 amide bonds. The molecule has 0 atom stereocenters. The van der Waals surface area contributed by atoms with Gasteiger partial charge in [-0.2, -0.15) is 8.78 Å². The first-order chi connectivity index (χ1) is 12.0. The molecule has 0 spiro atoms. The highest BCUT2D eigenvalue weighted by Crippen LogP contribution is 2.25. The van der Waals surface area contributed by atoms with Crippen molar-refractivity contribution in [2.45, 2.75) is 6.61 Å². The molecule has 132 valence electrons. The second kappa shape index (κ2) is 8.68. The zero-order valence-electron chi connectivity index (χ0n) is 13.7. The lowest BCUT2D eigenvalue weighted by Gasteiger charge is -2.08. The van der Waals surface area contributed by atoms with Gasteiger partial charge in [0.2, 0.25) is 5.91 Å². The zero-order chi connectivity index (χ0) is 18.2. The first-order valence-corrected chi connectivity index (χ1v) is 7.27. The summed E-state index contributed by atoms with van der Waals surface area (Å²) < 4.78 is 38.7. The Kier molecular flexibility index (Phi) is 6.33. The summed E-state index contributed by atoms with van der Waals surface area (Å²) in [7, 11) is 3.03. The predicted molar refractivity (Wildman–Crippen MR) is 90.3 cm³/mol. The molecule has 2 rings (SSSR count). The van der Waals surface area contributed by atoms with Gasteiger partial charge in [-0.1, -0.05) is 12.1 Å². The molecular weight excluding hydrogens is 332 g/mol. The van der Waals surface area contributed by atoms with Gasteiger partial charge in [0.1, 0.15) is 17.2 Å². The number of methoxy groups -OCH3 is 2. The van der Waals surface area contributed by atoms with Crippen molar-refractivity contribution in [1.82, 2.24) is 0 Å². The average Bonchev–Trinajstić information content (AvgIpc) is 2.60. The lowest BCUT2D eigenvalue weighted by molar-refractivity contribution is -0.111. The minimum absolute atomic E-state index is 0.0556. The normalized spacial score (nSPS) is 10.8. The first kappa shape index (κ1) is 18.3. The molecule has 0 radical (unpaired) electrons. The van der Waals surface area contributed by atoms with E-state index in [0.717, 1.165) is 0 Å². The quantitative estimate of drug-likeness (QED) is 0.769. The number of benzene rings is 2. The van der Waals surface area contributed by atoms with E-state index in [1.165, 1.54) is 32.4 Å². The Bertz CT molecular complexity index is 723. The molecule has 2 aromatic rings. The molecule has 0 unspecified atom stereocenters. The average molecular weight is 349 g/mol. The Labute approximate surface area is 143 Å². The standard InChI is InChI=1S/C18H17F2NO4/c1-23-15-9-13(10-16(11-15)24-2)21-17(22)8-5-12-3-6-14(7-4-12)25-18(19)20/h3-11,18H,1-2H3,(H,21,22)/b8-5+. The summed E-state index contributed by atoms with van der Waals surface area (Å²) in [5.74, 6) is 0.796. The van der Waals surface area contributed by atoms with Crippen molar-refractivity contribution in [2.24, 2.45) is 0 Å². The number of rotatable bonds is 7. The summed E-state index contributed by atoms with van der Waals surface area (Å²) in [6, 6.07) is 10.9. The molecule has 0 heterocycles. The third-order valence-electron chi connectivity index (χ3n) is 3.15. The molecule has 0 saturated carbocycles. The van der Waals surface area contributed by atoms with Gasteiger partial charge in [-0.3, -0.25) is 4.79 Å². The minimum atomic E-state index is -2.87. The Morgan fingerprint density at radius 3 is 2.12 bits per heavy atom. The van der Waals surface area contributed by atoms with Crippen LogP contribution in [0.4, 0.5) is 14.5 Å². The predicted octanol–water partition coefficient (Wildman–Crippen LogP) is 3.96. The number of carbonyl (C=O) groups excluding carboxylic acids is 1. The maximum absolute atomic E-state index is 12.1. The summed E-state index contributed by atoms with van der Waals surface area (Å²) in [4.78, 5) is 12.0. The van der Waals surface area contributed by atoms with E-state index in [1.54, 1.807) is 36.4 Å². The topological polar surface area (TPSA) is 56.8 Å². The maximum atomic E-state index is 12.1. The van der Waals surface area contributed by atoms with Gasteiger partial charge in [-0.25, -0.2) is 0 Å². The van der Waals surface area contributed by atoms with Crippen molar-refractivity contribution in [3.63, 3.8) is 0 Å². The van der Waals surface area contributed by atoms with E-state index in [4.69, 9.17) is 9.47 Å². The Balaban J connectivity index is 2.01. The highest BCUT2D eigenvalue weighted by Gasteiger charge is 2.05. The number of alkyl halides is 2. The van der Waals surface area contributed by atoms with Gasteiger partial charge >= 0.3 is 6.61 Å². The van der Waals surface area contributed by atoms with Gasteiger partial charge in [0.05, 0.1) is 14.2 Å². The van der Waals surface area contributed by atoms with E-state index in [0.29, 0.717) is 22.7 Å². The zero-order valence-corrected chi connectivity index (χ0v) is 13.7. The smallest absolute Gasteiger partial charge is 0.387 e. The second-order valence-corrected chi connectivity index (χ2v) is 4.87. The molecule has 0 bridgehead atoms. The molecule has 7 heteroatoms. The van der Waals surface area contributed by atoms with Crippen LogP contribution >= 0.6 is 0 Å². The SMILES string of the molecule is COc1cc(NC(=O)/C=C/c2ccc(OC(F)F)cc2)cc(OC)c1. The van der Waals surface area contributed by atoms with Gasteiger partial charge in [-0.15, -0.1) is 0 Å². The number of halogens is 2. The van der Waals surface area contributed by atoms with E-state index in [-0.39, 0.29) is 11.7 Å². The third-order valence-corrected chi connectivity index (χ3v) is 3.15. The number of anilines is 1. The van der Waals surface area contributed by atoms with Crippen LogP contribution in [0.1, 0.15) is 5.56 Å². The highest BCUT2D eigenvalue weighted by molar-refractivity contribution is 6.02. The number of hydrogen-bond donors (Lipinski definition) is 1. The third kappa shape index (κ3) is 5.80. The molecule has 5 nitrogen and oxygen atoms in total. The van der Waals surface area contributed by atoms with Crippen LogP contribution in [-0.4, -0.2) is 26.7 Å². The summed E-state index contributed by atoms with van der Waals surface area (Å²) in [6.45, 7) is -2.87. The lowest BCUT2D eigenvalue weighted by atomic mass is 10.2. The highest BCUT2D eigenvalue weighted by atomic mass is 19.3. The number of amides is 1. The number of ether oxygens (including phenoxy) is 3. The molecular formula is C18H17F2NO4.